The molecule has 0 amide bonds. The van der Waals surface area contributed by atoms with Crippen molar-refractivity contribution in [1.29, 1.82) is 0 Å². The topological polar surface area (TPSA) is 9.23 Å². The standard InChI is InChI=1S/C20H27OP/c1-3-5-12-18(4-2)17-21-22(19-13-8-6-9-14-19)20-15-10-7-11-16-20/h6-11,13-16,18H,3-5,12,17H2,1-2H3. The highest BCUT2D eigenvalue weighted by Crippen LogP contribution is 2.36. The van der Waals surface area contributed by atoms with Gasteiger partial charge in [0.25, 0.3) is 0 Å². The average molecular weight is 314 g/mol. The second kappa shape index (κ2) is 9.77. The van der Waals surface area contributed by atoms with Gasteiger partial charge >= 0.3 is 0 Å². The largest absolute Gasteiger partial charge is 0.349 e. The van der Waals surface area contributed by atoms with E-state index in [0.29, 0.717) is 5.92 Å². The first-order valence-electron chi connectivity index (χ1n) is 8.38. The zero-order chi connectivity index (χ0) is 15.6. The van der Waals surface area contributed by atoms with Gasteiger partial charge in [-0.3, -0.25) is 0 Å². The summed E-state index contributed by atoms with van der Waals surface area (Å²) < 4.78 is 6.43. The van der Waals surface area contributed by atoms with Crippen LogP contribution >= 0.6 is 8.15 Å². The minimum absolute atomic E-state index is 0.678. The van der Waals surface area contributed by atoms with Gasteiger partial charge in [-0.1, -0.05) is 93.8 Å². The van der Waals surface area contributed by atoms with Crippen molar-refractivity contribution in [2.45, 2.75) is 39.5 Å². The van der Waals surface area contributed by atoms with E-state index in [2.05, 4.69) is 74.5 Å². The van der Waals surface area contributed by atoms with Crippen molar-refractivity contribution in [1.82, 2.24) is 0 Å². The molecule has 2 aromatic carbocycles. The van der Waals surface area contributed by atoms with Gasteiger partial charge in [-0.05, 0) is 12.3 Å². The van der Waals surface area contributed by atoms with Crippen LogP contribution in [0.4, 0.5) is 0 Å². The van der Waals surface area contributed by atoms with Crippen molar-refractivity contribution in [3.05, 3.63) is 60.7 Å². The molecule has 1 atom stereocenters. The van der Waals surface area contributed by atoms with E-state index in [0.717, 1.165) is 6.61 Å². The molecule has 118 valence electrons. The maximum absolute atomic E-state index is 6.43. The zero-order valence-electron chi connectivity index (χ0n) is 13.7. The predicted molar refractivity (Wildman–Crippen MR) is 98.3 cm³/mol. The summed E-state index contributed by atoms with van der Waals surface area (Å²) in [6.45, 7) is 5.40. The molecule has 0 heterocycles. The highest BCUT2D eigenvalue weighted by molar-refractivity contribution is 7.68. The van der Waals surface area contributed by atoms with E-state index >= 15 is 0 Å². The first-order chi connectivity index (χ1) is 10.8. The molecule has 0 fully saturated rings. The summed E-state index contributed by atoms with van der Waals surface area (Å²) in [4.78, 5) is 0. The minimum atomic E-state index is -0.704. The quantitative estimate of drug-likeness (QED) is 0.573. The van der Waals surface area contributed by atoms with Crippen molar-refractivity contribution in [2.75, 3.05) is 6.61 Å². The van der Waals surface area contributed by atoms with E-state index in [4.69, 9.17) is 4.52 Å². The number of hydrogen-bond donors (Lipinski definition) is 0. The third kappa shape index (κ3) is 5.23. The van der Waals surface area contributed by atoms with Gasteiger partial charge in [-0.25, -0.2) is 0 Å². The van der Waals surface area contributed by atoms with Crippen LogP contribution in [0, 0.1) is 5.92 Å². The van der Waals surface area contributed by atoms with Gasteiger partial charge in [0.2, 0.25) is 0 Å². The molecule has 0 bridgehead atoms. The van der Waals surface area contributed by atoms with E-state index in [-0.39, 0.29) is 0 Å². The summed E-state index contributed by atoms with van der Waals surface area (Å²) in [6, 6.07) is 21.3. The normalized spacial score (nSPS) is 12.5. The van der Waals surface area contributed by atoms with Crippen LogP contribution in [-0.2, 0) is 4.52 Å². The number of rotatable bonds is 9. The molecule has 2 rings (SSSR count). The average Bonchev–Trinajstić information content (AvgIpc) is 2.59. The van der Waals surface area contributed by atoms with Gasteiger partial charge in [0, 0.05) is 10.6 Å². The Morgan fingerprint density at radius 2 is 1.41 bits per heavy atom. The summed E-state index contributed by atoms with van der Waals surface area (Å²) in [5.74, 6) is 0.678. The van der Waals surface area contributed by atoms with Crippen molar-refractivity contribution in [3.8, 4) is 0 Å². The van der Waals surface area contributed by atoms with Gasteiger partial charge in [0.15, 0.2) is 0 Å². The summed E-state index contributed by atoms with van der Waals surface area (Å²) >= 11 is 0. The molecule has 22 heavy (non-hydrogen) atoms. The van der Waals surface area contributed by atoms with Crippen LogP contribution < -0.4 is 10.6 Å². The molecule has 2 aromatic rings. The Morgan fingerprint density at radius 1 is 0.864 bits per heavy atom. The number of unbranched alkanes of at least 4 members (excludes halogenated alkanes) is 1. The van der Waals surface area contributed by atoms with Gasteiger partial charge in [-0.15, -0.1) is 0 Å². The molecule has 0 saturated heterocycles. The smallest absolute Gasteiger partial charge is 0.0917 e. The Balaban J connectivity index is 2.09. The highest BCUT2D eigenvalue weighted by atomic mass is 31.1. The molecule has 0 aliphatic heterocycles. The van der Waals surface area contributed by atoms with E-state index < -0.39 is 8.15 Å². The number of benzene rings is 2. The molecule has 0 aliphatic rings. The van der Waals surface area contributed by atoms with Crippen molar-refractivity contribution >= 4 is 18.8 Å². The molecule has 0 spiro atoms. The first kappa shape index (κ1) is 17.2. The molecular weight excluding hydrogens is 287 g/mol. The summed E-state index contributed by atoms with van der Waals surface area (Å²) in [5, 5.41) is 2.60. The lowest BCUT2D eigenvalue weighted by molar-refractivity contribution is 0.259. The molecule has 1 nitrogen and oxygen atoms in total. The third-order valence-corrected chi connectivity index (χ3v) is 5.91. The minimum Gasteiger partial charge on any atom is -0.349 e. The lowest BCUT2D eigenvalue weighted by Gasteiger charge is -2.22. The molecule has 0 aliphatic carbocycles. The monoisotopic (exact) mass is 314 g/mol. The van der Waals surface area contributed by atoms with Crippen LogP contribution in [0.3, 0.4) is 0 Å². The van der Waals surface area contributed by atoms with Crippen LogP contribution in [0.25, 0.3) is 0 Å². The maximum atomic E-state index is 6.43. The second-order valence-electron chi connectivity index (χ2n) is 5.68. The van der Waals surface area contributed by atoms with Crippen LogP contribution in [0.2, 0.25) is 0 Å². The van der Waals surface area contributed by atoms with Gasteiger partial charge in [-0.2, -0.15) is 0 Å². The van der Waals surface area contributed by atoms with Crippen LogP contribution in [-0.4, -0.2) is 6.61 Å². The molecule has 0 saturated carbocycles. The predicted octanol–water partition coefficient (Wildman–Crippen LogP) is 5.27. The maximum Gasteiger partial charge on any atom is 0.0917 e. The fourth-order valence-electron chi connectivity index (χ4n) is 2.50. The Hall–Kier alpha value is -1.17. The first-order valence-corrected chi connectivity index (χ1v) is 9.64. The second-order valence-corrected chi connectivity index (χ2v) is 7.56. The van der Waals surface area contributed by atoms with Gasteiger partial charge in [0.05, 0.1) is 14.8 Å². The van der Waals surface area contributed by atoms with Gasteiger partial charge in [0.1, 0.15) is 0 Å². The Morgan fingerprint density at radius 3 is 1.86 bits per heavy atom. The summed E-state index contributed by atoms with van der Waals surface area (Å²) in [5.41, 5.74) is 0. The molecule has 0 radical (unpaired) electrons. The molecule has 1 unspecified atom stereocenters. The molecule has 0 N–H and O–H groups in total. The Labute approximate surface area is 136 Å². The molecule has 2 heteroatoms. The summed E-state index contributed by atoms with van der Waals surface area (Å²) in [7, 11) is -0.704. The fraction of sp³-hybridized carbons (Fsp3) is 0.400. The van der Waals surface area contributed by atoms with Crippen molar-refractivity contribution < 1.29 is 4.52 Å². The zero-order valence-corrected chi connectivity index (χ0v) is 14.6. The van der Waals surface area contributed by atoms with E-state index in [1.165, 1.54) is 36.3 Å². The van der Waals surface area contributed by atoms with Gasteiger partial charge < -0.3 is 4.52 Å². The van der Waals surface area contributed by atoms with Crippen molar-refractivity contribution in [2.24, 2.45) is 5.92 Å². The Bertz CT molecular complexity index is 472. The number of hydrogen-bond acceptors (Lipinski definition) is 1. The lowest BCUT2D eigenvalue weighted by atomic mass is 10.0. The molecular formula is C20H27OP. The van der Waals surface area contributed by atoms with Crippen molar-refractivity contribution in [3.63, 3.8) is 0 Å². The van der Waals surface area contributed by atoms with E-state index in [1.807, 2.05) is 0 Å². The summed E-state index contributed by atoms with van der Waals surface area (Å²) in [6.07, 6.45) is 5.05. The lowest BCUT2D eigenvalue weighted by Crippen LogP contribution is -2.17. The third-order valence-electron chi connectivity index (χ3n) is 3.96. The van der Waals surface area contributed by atoms with E-state index in [1.54, 1.807) is 0 Å². The van der Waals surface area contributed by atoms with Crippen LogP contribution in [0.1, 0.15) is 39.5 Å². The van der Waals surface area contributed by atoms with Crippen LogP contribution in [0.5, 0.6) is 0 Å². The highest BCUT2D eigenvalue weighted by Gasteiger charge is 2.17. The van der Waals surface area contributed by atoms with Crippen LogP contribution in [0.15, 0.2) is 60.7 Å². The fourth-order valence-corrected chi connectivity index (χ4v) is 4.34. The molecule has 0 aromatic heterocycles. The Kier molecular flexibility index (Phi) is 7.63. The SMILES string of the molecule is CCCCC(CC)COP(c1ccccc1)c1ccccc1. The van der Waals surface area contributed by atoms with E-state index in [9.17, 15) is 0 Å².